The van der Waals surface area contributed by atoms with Crippen molar-refractivity contribution < 1.29 is 27.4 Å². The molecule has 0 bridgehead atoms. The average Bonchev–Trinajstić information content (AvgIpc) is 2.61. The van der Waals surface area contributed by atoms with E-state index in [1.807, 2.05) is 0 Å². The van der Waals surface area contributed by atoms with Crippen molar-refractivity contribution in [3.63, 3.8) is 0 Å². The van der Waals surface area contributed by atoms with Crippen LogP contribution in [0.5, 0.6) is 11.5 Å². The molecule has 2 aromatic carbocycles. The van der Waals surface area contributed by atoms with Crippen LogP contribution in [-0.2, 0) is 11.0 Å². The van der Waals surface area contributed by atoms with Gasteiger partial charge in [-0.2, -0.15) is 13.2 Å². The minimum Gasteiger partial charge on any atom is -0.493 e. The summed E-state index contributed by atoms with van der Waals surface area (Å²) in [6.45, 7) is 1.67. The lowest BCUT2D eigenvalue weighted by Crippen LogP contribution is -2.22. The Kier molecular flexibility index (Phi) is 6.42. The molecule has 8 heteroatoms. The second kappa shape index (κ2) is 8.35. The van der Waals surface area contributed by atoms with Gasteiger partial charge in [-0.25, -0.2) is 0 Å². The number of carbonyl (C=O) groups excluding carboxylic acids is 1. The first kappa shape index (κ1) is 20.0. The Bertz CT molecular complexity index is 781. The van der Waals surface area contributed by atoms with E-state index in [1.54, 1.807) is 25.1 Å². The van der Waals surface area contributed by atoms with Crippen molar-refractivity contribution >= 4 is 23.4 Å². The number of halogens is 3. The highest BCUT2D eigenvalue weighted by atomic mass is 32.2. The molecule has 140 valence electrons. The maximum absolute atomic E-state index is 12.7. The summed E-state index contributed by atoms with van der Waals surface area (Å²) in [5.41, 5.74) is -0.708. The fraction of sp³-hybridized carbons (Fsp3) is 0.278. The summed E-state index contributed by atoms with van der Waals surface area (Å²) >= 11 is 1.26. The van der Waals surface area contributed by atoms with E-state index in [4.69, 9.17) is 9.47 Å². The van der Waals surface area contributed by atoms with Crippen LogP contribution in [0.3, 0.4) is 0 Å². The monoisotopic (exact) mass is 385 g/mol. The van der Waals surface area contributed by atoms with Gasteiger partial charge in [0.2, 0.25) is 5.91 Å². The zero-order valence-electron chi connectivity index (χ0n) is 14.4. The van der Waals surface area contributed by atoms with E-state index in [1.165, 1.54) is 38.1 Å². The molecule has 0 radical (unpaired) electrons. The molecule has 2 rings (SSSR count). The van der Waals surface area contributed by atoms with Crippen molar-refractivity contribution in [1.29, 1.82) is 0 Å². The van der Waals surface area contributed by atoms with E-state index in [0.717, 1.165) is 17.0 Å². The van der Waals surface area contributed by atoms with Crippen LogP contribution in [0, 0.1) is 0 Å². The summed E-state index contributed by atoms with van der Waals surface area (Å²) in [6, 6.07) is 9.77. The Labute approximate surface area is 153 Å². The van der Waals surface area contributed by atoms with Gasteiger partial charge >= 0.3 is 6.18 Å². The van der Waals surface area contributed by atoms with E-state index >= 15 is 0 Å². The predicted molar refractivity (Wildman–Crippen MR) is 94.9 cm³/mol. The smallest absolute Gasteiger partial charge is 0.416 e. The molecule has 26 heavy (non-hydrogen) atoms. The molecule has 0 aliphatic heterocycles. The zero-order valence-corrected chi connectivity index (χ0v) is 15.2. The fourth-order valence-electron chi connectivity index (χ4n) is 2.16. The van der Waals surface area contributed by atoms with Gasteiger partial charge in [0.05, 0.1) is 25.0 Å². The maximum atomic E-state index is 12.7. The molecule has 0 spiro atoms. The standard InChI is InChI=1S/C18H18F3NO3S/c1-11(26-14-7-8-15(24-2)16(10-14)25-3)17(23)22-13-6-4-5-12(9-13)18(19,20)21/h4-11H,1-3H3,(H,22,23)/t11-/m1/s1. The molecule has 1 N–H and O–H groups in total. The number of amides is 1. The second-order valence-electron chi connectivity index (χ2n) is 5.34. The zero-order chi connectivity index (χ0) is 19.3. The first-order chi connectivity index (χ1) is 12.2. The van der Waals surface area contributed by atoms with Crippen LogP contribution < -0.4 is 14.8 Å². The van der Waals surface area contributed by atoms with Crippen LogP contribution in [0.1, 0.15) is 12.5 Å². The lowest BCUT2D eigenvalue weighted by molar-refractivity contribution is -0.137. The fourth-order valence-corrected chi connectivity index (χ4v) is 3.06. The Morgan fingerprint density at radius 1 is 1.08 bits per heavy atom. The molecular formula is C18H18F3NO3S. The molecule has 0 fully saturated rings. The van der Waals surface area contributed by atoms with E-state index in [0.29, 0.717) is 11.5 Å². The molecule has 4 nitrogen and oxygen atoms in total. The third kappa shape index (κ3) is 5.08. The van der Waals surface area contributed by atoms with E-state index in [2.05, 4.69) is 5.32 Å². The van der Waals surface area contributed by atoms with E-state index in [9.17, 15) is 18.0 Å². The number of anilines is 1. The Morgan fingerprint density at radius 2 is 1.77 bits per heavy atom. The molecular weight excluding hydrogens is 367 g/mol. The number of hydrogen-bond donors (Lipinski definition) is 1. The summed E-state index contributed by atoms with van der Waals surface area (Å²) in [5.74, 6) is 0.699. The van der Waals surface area contributed by atoms with Crippen LogP contribution in [-0.4, -0.2) is 25.4 Å². The van der Waals surface area contributed by atoms with Gasteiger partial charge in [0.25, 0.3) is 0 Å². The minimum atomic E-state index is -4.46. The van der Waals surface area contributed by atoms with Crippen LogP contribution in [0.2, 0.25) is 0 Å². The SMILES string of the molecule is COc1ccc(S[C@H](C)C(=O)Nc2cccc(C(F)(F)F)c2)cc1OC. The van der Waals surface area contributed by atoms with Gasteiger partial charge in [-0.1, -0.05) is 6.07 Å². The maximum Gasteiger partial charge on any atom is 0.416 e. The molecule has 0 heterocycles. The minimum absolute atomic E-state index is 0.101. The number of ether oxygens (including phenoxy) is 2. The summed E-state index contributed by atoms with van der Waals surface area (Å²) in [7, 11) is 3.03. The van der Waals surface area contributed by atoms with E-state index < -0.39 is 22.9 Å². The number of rotatable bonds is 6. The summed E-state index contributed by atoms with van der Waals surface area (Å²) in [5, 5.41) is 1.98. The molecule has 1 atom stereocenters. The van der Waals surface area contributed by atoms with Crippen molar-refractivity contribution in [2.24, 2.45) is 0 Å². The molecule has 0 aromatic heterocycles. The highest BCUT2D eigenvalue weighted by molar-refractivity contribution is 8.00. The number of thioether (sulfide) groups is 1. The van der Waals surface area contributed by atoms with Crippen molar-refractivity contribution in [1.82, 2.24) is 0 Å². The number of methoxy groups -OCH3 is 2. The molecule has 2 aromatic rings. The summed E-state index contributed by atoms with van der Waals surface area (Å²) < 4.78 is 48.6. The second-order valence-corrected chi connectivity index (χ2v) is 6.76. The van der Waals surface area contributed by atoms with Crippen LogP contribution in [0.15, 0.2) is 47.4 Å². The first-order valence-corrected chi connectivity index (χ1v) is 8.49. The number of carbonyl (C=O) groups is 1. The molecule has 1 amide bonds. The van der Waals surface area contributed by atoms with Gasteiger partial charge in [0.1, 0.15) is 0 Å². The summed E-state index contributed by atoms with van der Waals surface area (Å²) in [6.07, 6.45) is -4.46. The van der Waals surface area contributed by atoms with Crippen molar-refractivity contribution in [3.8, 4) is 11.5 Å². The molecule has 0 aliphatic carbocycles. The van der Waals surface area contributed by atoms with Crippen molar-refractivity contribution in [3.05, 3.63) is 48.0 Å². The first-order valence-electron chi connectivity index (χ1n) is 7.61. The molecule has 0 aliphatic rings. The highest BCUT2D eigenvalue weighted by Crippen LogP contribution is 2.34. The Balaban J connectivity index is 2.06. The Hall–Kier alpha value is -2.35. The van der Waals surface area contributed by atoms with Crippen molar-refractivity contribution in [2.45, 2.75) is 23.2 Å². The normalized spacial score (nSPS) is 12.4. The van der Waals surface area contributed by atoms with Gasteiger partial charge in [-0.05, 0) is 43.3 Å². The quantitative estimate of drug-likeness (QED) is 0.723. The largest absolute Gasteiger partial charge is 0.493 e. The van der Waals surface area contributed by atoms with Gasteiger partial charge in [0, 0.05) is 10.6 Å². The lowest BCUT2D eigenvalue weighted by Gasteiger charge is -2.14. The molecule has 0 unspecified atom stereocenters. The van der Waals surface area contributed by atoms with Crippen LogP contribution in [0.4, 0.5) is 18.9 Å². The molecule has 0 saturated carbocycles. The predicted octanol–water partition coefficient (Wildman–Crippen LogP) is 4.84. The number of nitrogens with one attached hydrogen (secondary N) is 1. The van der Waals surface area contributed by atoms with Gasteiger partial charge in [0.15, 0.2) is 11.5 Å². The van der Waals surface area contributed by atoms with Crippen molar-refractivity contribution in [2.75, 3.05) is 19.5 Å². The topological polar surface area (TPSA) is 47.6 Å². The van der Waals surface area contributed by atoms with Crippen LogP contribution in [0.25, 0.3) is 0 Å². The average molecular weight is 385 g/mol. The lowest BCUT2D eigenvalue weighted by atomic mass is 10.2. The van der Waals surface area contributed by atoms with E-state index in [-0.39, 0.29) is 5.69 Å². The summed E-state index contributed by atoms with van der Waals surface area (Å²) in [4.78, 5) is 13.1. The third-order valence-electron chi connectivity index (χ3n) is 3.49. The number of benzene rings is 2. The highest BCUT2D eigenvalue weighted by Gasteiger charge is 2.30. The number of alkyl halides is 3. The van der Waals surface area contributed by atoms with Gasteiger partial charge in [-0.3, -0.25) is 4.79 Å². The molecule has 0 saturated heterocycles. The third-order valence-corrected chi connectivity index (χ3v) is 4.59. The number of hydrogen-bond acceptors (Lipinski definition) is 4. The van der Waals surface area contributed by atoms with Crippen LogP contribution >= 0.6 is 11.8 Å². The van der Waals surface area contributed by atoms with Gasteiger partial charge < -0.3 is 14.8 Å². The van der Waals surface area contributed by atoms with Gasteiger partial charge in [-0.15, -0.1) is 11.8 Å². The Morgan fingerprint density at radius 3 is 2.38 bits per heavy atom.